The van der Waals surface area contributed by atoms with E-state index in [0.29, 0.717) is 30.9 Å². The molecule has 9 nitrogen and oxygen atoms in total. The van der Waals surface area contributed by atoms with E-state index in [2.05, 4.69) is 15.6 Å². The van der Waals surface area contributed by atoms with E-state index in [-0.39, 0.29) is 29.3 Å². The van der Waals surface area contributed by atoms with Gasteiger partial charge in [-0.15, -0.1) is 5.10 Å². The molecular formula is C20H25N5O4. The Morgan fingerprint density at radius 1 is 1.31 bits per heavy atom. The van der Waals surface area contributed by atoms with Crippen LogP contribution in [-0.2, 0) is 11.3 Å². The summed E-state index contributed by atoms with van der Waals surface area (Å²) in [5, 5.41) is 19.3. The van der Waals surface area contributed by atoms with E-state index in [0.717, 1.165) is 12.8 Å². The summed E-state index contributed by atoms with van der Waals surface area (Å²) in [7, 11) is 0. The minimum Gasteiger partial charge on any atom is -0.476 e. The van der Waals surface area contributed by atoms with Gasteiger partial charge in [0, 0.05) is 36.8 Å². The summed E-state index contributed by atoms with van der Waals surface area (Å²) in [5.74, 6) is -1.27. The van der Waals surface area contributed by atoms with Gasteiger partial charge in [-0.2, -0.15) is 0 Å². The Hall–Kier alpha value is -3.23. The molecule has 1 aromatic heterocycles. The second-order valence-electron chi connectivity index (χ2n) is 7.62. The van der Waals surface area contributed by atoms with Crippen LogP contribution in [0.15, 0.2) is 30.5 Å². The van der Waals surface area contributed by atoms with Crippen LogP contribution in [0.2, 0.25) is 0 Å². The van der Waals surface area contributed by atoms with E-state index < -0.39 is 5.97 Å². The lowest BCUT2D eigenvalue weighted by Crippen LogP contribution is -2.41. The second kappa shape index (κ2) is 8.85. The number of carboxylic acid groups (broad SMARTS) is 1. The number of carbonyl (C=O) groups is 3. The average molecular weight is 399 g/mol. The van der Waals surface area contributed by atoms with Crippen LogP contribution in [0.4, 0.5) is 5.69 Å². The molecule has 9 heteroatoms. The first-order chi connectivity index (χ1) is 13.8. The minimum absolute atomic E-state index is 0.0832. The summed E-state index contributed by atoms with van der Waals surface area (Å²) < 4.78 is 1.52. The average Bonchev–Trinajstić information content (AvgIpc) is 3.16. The highest BCUT2D eigenvalue weighted by Crippen LogP contribution is 2.21. The number of benzene rings is 1. The molecular weight excluding hydrogens is 374 g/mol. The Morgan fingerprint density at radius 3 is 2.79 bits per heavy atom. The molecule has 0 aliphatic carbocycles. The van der Waals surface area contributed by atoms with Gasteiger partial charge in [-0.25, -0.2) is 4.79 Å². The second-order valence-corrected chi connectivity index (χ2v) is 7.62. The molecule has 29 heavy (non-hydrogen) atoms. The number of piperidine rings is 1. The SMILES string of the molecule is CC(C)C(=O)Nc1cccc(C(=O)N2CCCC(Cn3cc(C(=O)O)nn3)C2)c1. The van der Waals surface area contributed by atoms with E-state index in [1.54, 1.807) is 29.2 Å². The van der Waals surface area contributed by atoms with Gasteiger partial charge in [0.2, 0.25) is 5.91 Å². The normalized spacial score (nSPS) is 16.7. The fourth-order valence-corrected chi connectivity index (χ4v) is 3.35. The molecule has 1 fully saturated rings. The predicted molar refractivity (Wildman–Crippen MR) is 106 cm³/mol. The largest absolute Gasteiger partial charge is 0.476 e. The van der Waals surface area contributed by atoms with Crippen molar-refractivity contribution in [3.8, 4) is 0 Å². The van der Waals surface area contributed by atoms with Gasteiger partial charge in [-0.1, -0.05) is 25.1 Å². The Morgan fingerprint density at radius 2 is 2.10 bits per heavy atom. The third kappa shape index (κ3) is 5.18. The molecule has 1 saturated heterocycles. The van der Waals surface area contributed by atoms with Crippen molar-refractivity contribution in [3.05, 3.63) is 41.7 Å². The van der Waals surface area contributed by atoms with Crippen molar-refractivity contribution in [2.24, 2.45) is 11.8 Å². The first-order valence-electron chi connectivity index (χ1n) is 9.67. The van der Waals surface area contributed by atoms with Crippen molar-refractivity contribution < 1.29 is 19.5 Å². The smallest absolute Gasteiger partial charge is 0.358 e. The molecule has 0 bridgehead atoms. The number of likely N-dealkylation sites (tertiary alicyclic amines) is 1. The number of carbonyl (C=O) groups excluding carboxylic acids is 2. The van der Waals surface area contributed by atoms with Crippen LogP contribution in [0.1, 0.15) is 47.5 Å². The number of nitrogens with one attached hydrogen (secondary N) is 1. The summed E-state index contributed by atoms with van der Waals surface area (Å²) in [6.45, 7) is 5.35. The van der Waals surface area contributed by atoms with Gasteiger partial charge in [0.25, 0.3) is 5.91 Å². The Bertz CT molecular complexity index is 908. The monoisotopic (exact) mass is 399 g/mol. The van der Waals surface area contributed by atoms with E-state index in [1.807, 2.05) is 13.8 Å². The topological polar surface area (TPSA) is 117 Å². The number of hydrogen-bond acceptors (Lipinski definition) is 5. The molecule has 2 aromatic rings. The molecule has 0 spiro atoms. The Kier molecular flexibility index (Phi) is 6.26. The molecule has 2 N–H and O–H groups in total. The third-order valence-corrected chi connectivity index (χ3v) is 4.91. The zero-order valence-corrected chi connectivity index (χ0v) is 16.5. The highest BCUT2D eigenvalue weighted by atomic mass is 16.4. The number of hydrogen-bond donors (Lipinski definition) is 2. The number of anilines is 1. The number of aromatic nitrogens is 3. The zero-order chi connectivity index (χ0) is 21.0. The van der Waals surface area contributed by atoms with Crippen LogP contribution in [0.3, 0.4) is 0 Å². The minimum atomic E-state index is -1.11. The van der Waals surface area contributed by atoms with Crippen LogP contribution < -0.4 is 5.32 Å². The van der Waals surface area contributed by atoms with Crippen LogP contribution in [-0.4, -0.2) is 55.9 Å². The first kappa shape index (κ1) is 20.5. The molecule has 0 saturated carbocycles. The van der Waals surface area contributed by atoms with Gasteiger partial charge in [-0.3, -0.25) is 14.3 Å². The standard InChI is InChI=1S/C20H25N5O4/c1-13(2)18(26)21-16-7-3-6-15(9-16)19(27)24-8-4-5-14(10-24)11-25-12-17(20(28)29)22-23-25/h3,6-7,9,12-14H,4-5,8,10-11H2,1-2H3,(H,21,26)(H,28,29). The maximum absolute atomic E-state index is 13.0. The maximum Gasteiger partial charge on any atom is 0.358 e. The van der Waals surface area contributed by atoms with E-state index in [9.17, 15) is 14.4 Å². The molecule has 1 aromatic carbocycles. The highest BCUT2D eigenvalue weighted by molar-refractivity contribution is 5.97. The van der Waals surface area contributed by atoms with Crippen LogP contribution in [0.25, 0.3) is 0 Å². The molecule has 154 valence electrons. The highest BCUT2D eigenvalue weighted by Gasteiger charge is 2.25. The molecule has 2 heterocycles. The molecule has 1 unspecified atom stereocenters. The summed E-state index contributed by atoms with van der Waals surface area (Å²) in [5.41, 5.74) is 1.04. The molecule has 1 atom stereocenters. The molecule has 0 radical (unpaired) electrons. The number of amides is 2. The van der Waals surface area contributed by atoms with Crippen LogP contribution in [0.5, 0.6) is 0 Å². The van der Waals surface area contributed by atoms with Gasteiger partial charge >= 0.3 is 5.97 Å². The van der Waals surface area contributed by atoms with Crippen molar-refractivity contribution in [1.82, 2.24) is 19.9 Å². The van der Waals surface area contributed by atoms with E-state index in [1.165, 1.54) is 10.9 Å². The van der Waals surface area contributed by atoms with Crippen LogP contribution in [0, 0.1) is 11.8 Å². The lowest BCUT2D eigenvalue weighted by Gasteiger charge is -2.32. The fraction of sp³-hybridized carbons (Fsp3) is 0.450. The summed E-state index contributed by atoms with van der Waals surface area (Å²) >= 11 is 0. The van der Waals surface area contributed by atoms with Gasteiger partial charge in [-0.05, 0) is 37.0 Å². The number of rotatable bonds is 6. The third-order valence-electron chi connectivity index (χ3n) is 4.91. The van der Waals surface area contributed by atoms with Crippen molar-refractivity contribution in [2.45, 2.75) is 33.2 Å². The van der Waals surface area contributed by atoms with Gasteiger partial charge < -0.3 is 15.3 Å². The van der Waals surface area contributed by atoms with E-state index >= 15 is 0 Å². The summed E-state index contributed by atoms with van der Waals surface area (Å²) in [6, 6.07) is 6.96. The quantitative estimate of drug-likeness (QED) is 0.768. The number of aromatic carboxylic acids is 1. The number of nitrogens with zero attached hydrogens (tertiary/aromatic N) is 4. The fourth-order valence-electron chi connectivity index (χ4n) is 3.35. The van der Waals surface area contributed by atoms with Gasteiger partial charge in [0.05, 0.1) is 6.20 Å². The van der Waals surface area contributed by atoms with Crippen molar-refractivity contribution in [1.29, 1.82) is 0 Å². The summed E-state index contributed by atoms with van der Waals surface area (Å²) in [4.78, 5) is 37.6. The number of carboxylic acids is 1. The molecule has 1 aliphatic heterocycles. The van der Waals surface area contributed by atoms with Gasteiger partial charge in [0.15, 0.2) is 5.69 Å². The summed E-state index contributed by atoms with van der Waals surface area (Å²) in [6.07, 6.45) is 3.20. The molecule has 2 amide bonds. The van der Waals surface area contributed by atoms with Crippen molar-refractivity contribution >= 4 is 23.5 Å². The Balaban J connectivity index is 1.64. The van der Waals surface area contributed by atoms with E-state index in [4.69, 9.17) is 5.11 Å². The van der Waals surface area contributed by atoms with Crippen molar-refractivity contribution in [3.63, 3.8) is 0 Å². The lowest BCUT2D eigenvalue weighted by molar-refractivity contribution is -0.118. The molecule has 3 rings (SSSR count). The predicted octanol–water partition coefficient (Wildman–Crippen LogP) is 2.12. The maximum atomic E-state index is 13.0. The van der Waals surface area contributed by atoms with Gasteiger partial charge in [0.1, 0.15) is 0 Å². The molecule has 1 aliphatic rings. The Labute approximate surface area is 168 Å². The van der Waals surface area contributed by atoms with Crippen LogP contribution >= 0.6 is 0 Å². The first-order valence-corrected chi connectivity index (χ1v) is 9.67. The van der Waals surface area contributed by atoms with Crippen molar-refractivity contribution in [2.75, 3.05) is 18.4 Å². The lowest BCUT2D eigenvalue weighted by atomic mass is 9.97. The zero-order valence-electron chi connectivity index (χ0n) is 16.5.